The third kappa shape index (κ3) is 22.9. The number of esters is 2. The average molecular weight is 668 g/mol. The topological polar surface area (TPSA) is 111 Å². The molecule has 0 aromatic rings. The minimum absolute atomic E-state index is 0.0553. The molecule has 1 heterocycles. The number of carbonyl (C=O) groups is 3. The Morgan fingerprint density at radius 3 is 2.04 bits per heavy atom. The van der Waals surface area contributed by atoms with E-state index in [1.165, 1.54) is 71.3 Å². The predicted molar refractivity (Wildman–Crippen MR) is 180 cm³/mol. The molecule has 5 atom stereocenters. The molecule has 0 amide bonds. The number of hydrogen-bond donors (Lipinski definition) is 0. The van der Waals surface area contributed by atoms with Crippen LogP contribution in [0.3, 0.4) is 0 Å². The smallest absolute Gasteiger partial charge is 0.333 e. The summed E-state index contributed by atoms with van der Waals surface area (Å²) in [7, 11) is 5.28. The first-order chi connectivity index (χ1) is 22.3. The maximum Gasteiger partial charge on any atom is 0.333 e. The van der Waals surface area contributed by atoms with Gasteiger partial charge < -0.3 is 32.6 Å². The van der Waals surface area contributed by atoms with Gasteiger partial charge in [0.1, 0.15) is 26.3 Å². The van der Waals surface area contributed by atoms with Gasteiger partial charge in [0.05, 0.1) is 39.3 Å². The van der Waals surface area contributed by atoms with Crippen molar-refractivity contribution >= 4 is 34.2 Å². The van der Waals surface area contributed by atoms with Crippen molar-refractivity contribution in [2.75, 3.05) is 33.5 Å². The highest BCUT2D eigenvalue weighted by Crippen LogP contribution is 2.41. The highest BCUT2D eigenvalue weighted by molar-refractivity contribution is 7.41. The summed E-state index contributed by atoms with van der Waals surface area (Å²) >= 11 is 0. The molecule has 0 aromatic heterocycles. The molecule has 0 aromatic carbocycles. The van der Waals surface area contributed by atoms with E-state index >= 15 is 0 Å². The van der Waals surface area contributed by atoms with E-state index in [1.807, 2.05) is 6.92 Å². The number of ether oxygens (including phenoxy) is 3. The van der Waals surface area contributed by atoms with Crippen molar-refractivity contribution in [3.8, 4) is 0 Å². The highest BCUT2D eigenvalue weighted by Gasteiger charge is 2.31. The second-order valence-electron chi connectivity index (χ2n) is 12.2. The standard InChI is InChI=1S/C34H59BNO9P/c1-5-6-7-8-9-10-11-12-13-14-15-16-17-18-29(37)19-20-30(44-34(39)22-21-33(38)40-4)26-42-46(41-24-23-36-3)43-27-31-28(2)25-32(35)45-31/h28,30-32H,5-27H2,1-2,4H3/t28?,30?,31-,32-,46?/m1/s1. The van der Waals surface area contributed by atoms with Gasteiger partial charge in [-0.1, -0.05) is 90.9 Å². The van der Waals surface area contributed by atoms with Crippen LogP contribution in [0.2, 0.25) is 0 Å². The minimum Gasteiger partial charge on any atom is -0.469 e. The number of rotatable bonds is 30. The predicted octanol–water partition coefficient (Wildman–Crippen LogP) is 7.80. The molecule has 1 aliphatic rings. The van der Waals surface area contributed by atoms with Crippen molar-refractivity contribution in [3.05, 3.63) is 11.4 Å². The van der Waals surface area contributed by atoms with Crippen LogP contribution in [0, 0.1) is 12.5 Å². The van der Waals surface area contributed by atoms with Crippen LogP contribution in [0.15, 0.2) is 0 Å². The van der Waals surface area contributed by atoms with Gasteiger partial charge in [-0.25, -0.2) is 6.57 Å². The van der Waals surface area contributed by atoms with Crippen LogP contribution in [0.1, 0.15) is 136 Å². The van der Waals surface area contributed by atoms with Crippen LogP contribution in [-0.2, 0) is 42.2 Å². The number of ketones is 1. The first-order valence-electron chi connectivity index (χ1n) is 17.5. The molecule has 262 valence electrons. The van der Waals surface area contributed by atoms with Crippen LogP contribution in [-0.4, -0.2) is 77.3 Å². The molecule has 1 saturated heterocycles. The van der Waals surface area contributed by atoms with Gasteiger partial charge in [0.15, 0.2) is 0 Å². The van der Waals surface area contributed by atoms with E-state index in [-0.39, 0.29) is 75.9 Å². The summed E-state index contributed by atoms with van der Waals surface area (Å²) in [4.78, 5) is 39.9. The zero-order valence-electron chi connectivity index (χ0n) is 28.7. The van der Waals surface area contributed by atoms with E-state index < -0.39 is 26.6 Å². The summed E-state index contributed by atoms with van der Waals surface area (Å²) in [5.74, 6) is -0.760. The number of carbonyl (C=O) groups excluding carboxylic acids is 3. The molecule has 0 bridgehead atoms. The Balaban J connectivity index is 2.46. The number of Topliss-reactive ketones (excluding diaryl/α,β-unsaturated/α-hetero) is 1. The third-order valence-corrected chi connectivity index (χ3v) is 9.17. The van der Waals surface area contributed by atoms with Crippen LogP contribution in [0.25, 0.3) is 4.85 Å². The maximum absolute atomic E-state index is 12.7. The molecule has 0 aliphatic carbocycles. The van der Waals surface area contributed by atoms with Gasteiger partial charge in [-0.15, -0.1) is 0 Å². The van der Waals surface area contributed by atoms with Gasteiger partial charge in [0.25, 0.3) is 0 Å². The van der Waals surface area contributed by atoms with E-state index in [9.17, 15) is 14.4 Å². The normalized spacial score (nSPS) is 19.0. The molecule has 3 unspecified atom stereocenters. The molecule has 1 rings (SSSR count). The number of methoxy groups -OCH3 is 1. The molecule has 2 radical (unpaired) electrons. The highest BCUT2D eigenvalue weighted by atomic mass is 31.2. The van der Waals surface area contributed by atoms with Crippen molar-refractivity contribution in [3.63, 3.8) is 0 Å². The largest absolute Gasteiger partial charge is 0.469 e. The fourth-order valence-electron chi connectivity index (χ4n) is 5.20. The lowest BCUT2D eigenvalue weighted by Crippen LogP contribution is -2.25. The molecule has 12 heteroatoms. The van der Waals surface area contributed by atoms with Gasteiger partial charge in [-0.3, -0.25) is 14.4 Å². The summed E-state index contributed by atoms with van der Waals surface area (Å²) in [6.45, 7) is 11.7. The Bertz CT molecular complexity index is 859. The Morgan fingerprint density at radius 2 is 1.48 bits per heavy atom. The molecule has 46 heavy (non-hydrogen) atoms. The lowest BCUT2D eigenvalue weighted by molar-refractivity contribution is -0.154. The SMILES string of the molecule is [B][C@H]1CC(C)[C@@H](COP(OCC[N+]#[C-])OCC(CCC(=O)CCCCCCCCCCCCCCC)OC(=O)CCC(=O)OC)O1. The van der Waals surface area contributed by atoms with E-state index in [2.05, 4.69) is 16.5 Å². The molecule has 1 fully saturated rings. The molecule has 10 nitrogen and oxygen atoms in total. The lowest BCUT2D eigenvalue weighted by Gasteiger charge is -2.23. The Hall–Kier alpha value is -1.57. The Labute approximate surface area is 280 Å². The number of hydrogen-bond acceptors (Lipinski definition) is 9. The van der Waals surface area contributed by atoms with Crippen LogP contribution >= 0.6 is 8.60 Å². The summed E-state index contributed by atoms with van der Waals surface area (Å²) in [5.41, 5.74) is 0. The van der Waals surface area contributed by atoms with Gasteiger partial charge in [0, 0.05) is 18.8 Å². The van der Waals surface area contributed by atoms with E-state index in [0.717, 1.165) is 25.7 Å². The van der Waals surface area contributed by atoms with Crippen molar-refractivity contribution < 1.29 is 42.2 Å². The number of unbranched alkanes of at least 4 members (excludes halogenated alkanes) is 12. The van der Waals surface area contributed by atoms with Crippen molar-refractivity contribution in [2.45, 2.75) is 154 Å². The fraction of sp³-hybridized carbons (Fsp3) is 0.882. The lowest BCUT2D eigenvalue weighted by atomic mass is 9.92. The number of nitrogens with zero attached hydrogens (tertiary/aromatic N) is 1. The van der Waals surface area contributed by atoms with Gasteiger partial charge in [-0.2, -0.15) is 0 Å². The summed E-state index contributed by atoms with van der Waals surface area (Å²) in [6, 6.07) is -0.343. The van der Waals surface area contributed by atoms with Crippen molar-refractivity contribution in [2.24, 2.45) is 5.92 Å². The first kappa shape index (κ1) is 42.5. The zero-order valence-corrected chi connectivity index (χ0v) is 29.6. The van der Waals surface area contributed by atoms with Gasteiger partial charge in [-0.05, 0) is 25.2 Å². The Morgan fingerprint density at radius 1 is 0.870 bits per heavy atom. The summed E-state index contributed by atoms with van der Waals surface area (Å²) in [5, 5.41) is 0. The van der Waals surface area contributed by atoms with Crippen LogP contribution < -0.4 is 0 Å². The molecular formula is C34H59BNO9P. The monoisotopic (exact) mass is 667 g/mol. The minimum atomic E-state index is -1.86. The first-order valence-corrected chi connectivity index (χ1v) is 18.6. The molecule has 1 aliphatic heterocycles. The van der Waals surface area contributed by atoms with E-state index in [0.29, 0.717) is 6.42 Å². The van der Waals surface area contributed by atoms with Crippen molar-refractivity contribution in [1.82, 2.24) is 0 Å². The maximum atomic E-state index is 12.7. The molecule has 0 saturated carbocycles. The van der Waals surface area contributed by atoms with Crippen LogP contribution in [0.4, 0.5) is 0 Å². The zero-order chi connectivity index (χ0) is 33.8. The van der Waals surface area contributed by atoms with E-state index in [1.54, 1.807) is 0 Å². The van der Waals surface area contributed by atoms with Crippen molar-refractivity contribution in [1.29, 1.82) is 0 Å². The Kier molecular flexibility index (Phi) is 26.3. The van der Waals surface area contributed by atoms with Gasteiger partial charge in [0.2, 0.25) is 6.54 Å². The fourth-order valence-corrected chi connectivity index (χ4v) is 6.21. The summed E-state index contributed by atoms with van der Waals surface area (Å²) in [6.07, 6.45) is 16.8. The molecule has 0 N–H and O–H groups in total. The van der Waals surface area contributed by atoms with Gasteiger partial charge >= 0.3 is 20.5 Å². The molecule has 0 spiro atoms. The molecular weight excluding hydrogens is 608 g/mol. The van der Waals surface area contributed by atoms with Crippen LogP contribution in [0.5, 0.6) is 0 Å². The average Bonchev–Trinajstić information content (AvgIpc) is 3.37. The third-order valence-electron chi connectivity index (χ3n) is 8.06. The second-order valence-corrected chi connectivity index (χ2v) is 13.4. The second kappa shape index (κ2) is 28.4. The van der Waals surface area contributed by atoms with E-state index in [4.69, 9.17) is 37.5 Å². The quantitative estimate of drug-likeness (QED) is 0.0249. The summed E-state index contributed by atoms with van der Waals surface area (Å²) < 4.78 is 33.3.